The van der Waals surface area contributed by atoms with Gasteiger partial charge in [0.2, 0.25) is 0 Å². The van der Waals surface area contributed by atoms with Gasteiger partial charge in [0.25, 0.3) is 0 Å². The standard InChI is InChI=1S/C11H20O2Si/c1-11(7-5-8-12)10(13-11)6-9-14(2,3)4/h10,12H,5,7-8H2,1-4H3/t10-,11+/m0/s1. The Morgan fingerprint density at radius 3 is 2.57 bits per heavy atom. The molecule has 0 unspecified atom stereocenters. The van der Waals surface area contributed by atoms with Crippen molar-refractivity contribution in [2.24, 2.45) is 0 Å². The van der Waals surface area contributed by atoms with Crippen LogP contribution in [0.15, 0.2) is 0 Å². The van der Waals surface area contributed by atoms with Crippen LogP contribution in [0, 0.1) is 11.5 Å². The number of hydrogen-bond donors (Lipinski definition) is 1. The summed E-state index contributed by atoms with van der Waals surface area (Å²) in [5.41, 5.74) is 3.24. The van der Waals surface area contributed by atoms with E-state index in [2.05, 4.69) is 38.0 Å². The van der Waals surface area contributed by atoms with Crippen LogP contribution in [0.25, 0.3) is 0 Å². The molecule has 1 aliphatic heterocycles. The van der Waals surface area contributed by atoms with Crippen molar-refractivity contribution in [1.82, 2.24) is 0 Å². The molecule has 80 valence electrons. The Morgan fingerprint density at radius 1 is 1.43 bits per heavy atom. The Bertz CT molecular complexity index is 259. The highest BCUT2D eigenvalue weighted by molar-refractivity contribution is 6.83. The van der Waals surface area contributed by atoms with Crippen molar-refractivity contribution < 1.29 is 9.84 Å². The van der Waals surface area contributed by atoms with E-state index in [1.54, 1.807) is 0 Å². The summed E-state index contributed by atoms with van der Waals surface area (Å²) >= 11 is 0. The minimum atomic E-state index is -1.26. The number of rotatable bonds is 3. The van der Waals surface area contributed by atoms with Gasteiger partial charge in [-0.2, -0.15) is 0 Å². The van der Waals surface area contributed by atoms with Crippen molar-refractivity contribution in [2.45, 2.75) is 51.1 Å². The van der Waals surface area contributed by atoms with Crippen molar-refractivity contribution in [3.63, 3.8) is 0 Å². The van der Waals surface area contributed by atoms with Gasteiger partial charge < -0.3 is 9.84 Å². The Balaban J connectivity index is 2.40. The molecule has 0 spiro atoms. The molecule has 0 amide bonds. The first-order valence-corrected chi connectivity index (χ1v) is 8.69. The first-order valence-electron chi connectivity index (χ1n) is 5.19. The molecule has 0 aromatic rings. The van der Waals surface area contributed by atoms with Crippen molar-refractivity contribution >= 4 is 8.07 Å². The quantitative estimate of drug-likeness (QED) is 0.439. The molecule has 2 atom stereocenters. The molecule has 1 N–H and O–H groups in total. The Hall–Kier alpha value is -0.303. The first kappa shape index (κ1) is 11.8. The third-order valence-electron chi connectivity index (χ3n) is 2.29. The molecule has 0 bridgehead atoms. The van der Waals surface area contributed by atoms with Gasteiger partial charge in [0.1, 0.15) is 19.8 Å². The maximum Gasteiger partial charge on any atom is 0.147 e. The highest BCUT2D eigenvalue weighted by atomic mass is 28.3. The van der Waals surface area contributed by atoms with Crippen LogP contribution in [0.4, 0.5) is 0 Å². The smallest absolute Gasteiger partial charge is 0.147 e. The van der Waals surface area contributed by atoms with E-state index in [0.717, 1.165) is 12.8 Å². The third kappa shape index (κ3) is 3.45. The fourth-order valence-electron chi connectivity index (χ4n) is 1.32. The van der Waals surface area contributed by atoms with E-state index < -0.39 is 8.07 Å². The minimum Gasteiger partial charge on any atom is -0.396 e. The maximum atomic E-state index is 8.72. The normalized spacial score (nSPS) is 30.8. The molecule has 0 aromatic carbocycles. The molecule has 0 aromatic heterocycles. The highest BCUT2D eigenvalue weighted by Crippen LogP contribution is 2.39. The van der Waals surface area contributed by atoms with Crippen LogP contribution < -0.4 is 0 Å². The lowest BCUT2D eigenvalue weighted by molar-refractivity contribution is 0.246. The summed E-state index contributed by atoms with van der Waals surface area (Å²) in [6, 6.07) is 0. The average molecular weight is 212 g/mol. The minimum absolute atomic E-state index is 0.0740. The zero-order valence-electron chi connectivity index (χ0n) is 9.55. The molecule has 3 heteroatoms. The molecule has 1 heterocycles. The van der Waals surface area contributed by atoms with Gasteiger partial charge in [0.05, 0.1) is 0 Å². The van der Waals surface area contributed by atoms with E-state index >= 15 is 0 Å². The summed E-state index contributed by atoms with van der Waals surface area (Å²) in [4.78, 5) is 0. The monoisotopic (exact) mass is 212 g/mol. The summed E-state index contributed by atoms with van der Waals surface area (Å²) in [6.07, 6.45) is 1.83. The molecule has 14 heavy (non-hydrogen) atoms. The SMILES string of the molecule is C[C@]1(CCCO)O[C@H]1C#C[Si](C)(C)C. The Kier molecular flexibility index (Phi) is 3.41. The lowest BCUT2D eigenvalue weighted by atomic mass is 10.0. The Morgan fingerprint density at radius 2 is 2.07 bits per heavy atom. The van der Waals surface area contributed by atoms with Gasteiger partial charge in [-0.3, -0.25) is 0 Å². The molecule has 1 rings (SSSR count). The van der Waals surface area contributed by atoms with Crippen LogP contribution >= 0.6 is 0 Å². The van der Waals surface area contributed by atoms with Crippen LogP contribution in [0.1, 0.15) is 19.8 Å². The molecule has 0 saturated carbocycles. The molecular weight excluding hydrogens is 192 g/mol. The van der Waals surface area contributed by atoms with Crippen LogP contribution in [-0.4, -0.2) is 31.5 Å². The summed E-state index contributed by atoms with van der Waals surface area (Å²) in [7, 11) is -1.26. The third-order valence-corrected chi connectivity index (χ3v) is 3.19. The van der Waals surface area contributed by atoms with E-state index in [4.69, 9.17) is 9.84 Å². The molecule has 2 nitrogen and oxygen atoms in total. The second kappa shape index (κ2) is 4.06. The van der Waals surface area contributed by atoms with Gasteiger partial charge in [-0.15, -0.1) is 5.54 Å². The zero-order chi connectivity index (χ0) is 10.8. The maximum absolute atomic E-state index is 8.72. The van der Waals surface area contributed by atoms with Gasteiger partial charge in [0.15, 0.2) is 0 Å². The molecule has 1 fully saturated rings. The number of epoxide rings is 1. The van der Waals surface area contributed by atoms with Crippen molar-refractivity contribution in [1.29, 1.82) is 0 Å². The molecule has 0 aliphatic carbocycles. The van der Waals surface area contributed by atoms with E-state index in [0.29, 0.717) is 0 Å². The molecule has 0 radical (unpaired) electrons. The lowest BCUT2D eigenvalue weighted by Gasteiger charge is -2.04. The summed E-state index contributed by atoms with van der Waals surface area (Å²) in [5.74, 6) is 3.20. The fraction of sp³-hybridized carbons (Fsp3) is 0.818. The number of hydrogen-bond acceptors (Lipinski definition) is 2. The molecular formula is C11H20O2Si. The summed E-state index contributed by atoms with van der Waals surface area (Å²) < 4.78 is 5.54. The lowest BCUT2D eigenvalue weighted by Crippen LogP contribution is -2.17. The molecule has 1 saturated heterocycles. The van der Waals surface area contributed by atoms with Crippen molar-refractivity contribution in [3.05, 3.63) is 0 Å². The Labute approximate surface area is 87.7 Å². The predicted molar refractivity (Wildman–Crippen MR) is 60.7 cm³/mol. The number of ether oxygens (including phenoxy) is 1. The highest BCUT2D eigenvalue weighted by Gasteiger charge is 2.50. The fourth-order valence-corrected chi connectivity index (χ4v) is 1.88. The van der Waals surface area contributed by atoms with Gasteiger partial charge >= 0.3 is 0 Å². The predicted octanol–water partition coefficient (Wildman–Crippen LogP) is 1.80. The van der Waals surface area contributed by atoms with Gasteiger partial charge in [-0.25, -0.2) is 0 Å². The first-order chi connectivity index (χ1) is 6.37. The van der Waals surface area contributed by atoms with Crippen LogP contribution in [0.5, 0.6) is 0 Å². The van der Waals surface area contributed by atoms with Crippen LogP contribution in [0.3, 0.4) is 0 Å². The number of aliphatic hydroxyl groups is 1. The van der Waals surface area contributed by atoms with Gasteiger partial charge in [-0.1, -0.05) is 25.6 Å². The van der Waals surface area contributed by atoms with E-state index in [1.807, 2.05) is 0 Å². The summed E-state index contributed by atoms with van der Waals surface area (Å²) in [5, 5.41) is 8.72. The van der Waals surface area contributed by atoms with Gasteiger partial charge in [-0.05, 0) is 19.8 Å². The van der Waals surface area contributed by atoms with E-state index in [-0.39, 0.29) is 18.3 Å². The summed E-state index contributed by atoms with van der Waals surface area (Å²) in [6.45, 7) is 9.01. The van der Waals surface area contributed by atoms with Crippen molar-refractivity contribution in [3.8, 4) is 11.5 Å². The van der Waals surface area contributed by atoms with Crippen LogP contribution in [0.2, 0.25) is 19.6 Å². The number of aliphatic hydroxyl groups excluding tert-OH is 1. The second-order valence-electron chi connectivity index (χ2n) is 5.16. The second-order valence-corrected chi connectivity index (χ2v) is 9.91. The van der Waals surface area contributed by atoms with E-state index in [1.165, 1.54) is 0 Å². The van der Waals surface area contributed by atoms with Crippen LogP contribution in [-0.2, 0) is 4.74 Å². The topological polar surface area (TPSA) is 32.8 Å². The largest absolute Gasteiger partial charge is 0.396 e. The zero-order valence-corrected chi connectivity index (χ0v) is 10.6. The van der Waals surface area contributed by atoms with Crippen molar-refractivity contribution in [2.75, 3.05) is 6.61 Å². The average Bonchev–Trinajstić information content (AvgIpc) is 2.70. The van der Waals surface area contributed by atoms with Gasteiger partial charge in [0, 0.05) is 6.61 Å². The molecule has 1 aliphatic rings. The van der Waals surface area contributed by atoms with E-state index in [9.17, 15) is 0 Å².